The number of benzene rings is 1. The monoisotopic (exact) mass is 362 g/mol. The number of carbonyl (C=O) groups is 3. The highest BCUT2D eigenvalue weighted by Gasteiger charge is 2.24. The van der Waals surface area contributed by atoms with Crippen LogP contribution in [-0.2, 0) is 14.3 Å². The molecule has 0 unspecified atom stereocenters. The first-order valence-electron chi connectivity index (χ1n) is 8.61. The molecule has 0 radical (unpaired) electrons. The standard InChI is InChI=1S/C18H22N2O4S/c1-11(17(22)19-13-4-2-3-5-13)24-18(23)12-6-7-15-14(10-12)20-16(21)8-9-25-15/h6-7,10-11,13H,2-5,8-9H2,1H3,(H,19,22)(H,20,21)/t11-/m0/s1. The minimum Gasteiger partial charge on any atom is -0.449 e. The van der Waals surface area contributed by atoms with Gasteiger partial charge in [-0.2, -0.15) is 0 Å². The molecule has 25 heavy (non-hydrogen) atoms. The Bertz CT molecular complexity index is 686. The molecule has 0 spiro atoms. The molecule has 1 heterocycles. The summed E-state index contributed by atoms with van der Waals surface area (Å²) in [5.74, 6) is -0.193. The summed E-state index contributed by atoms with van der Waals surface area (Å²) < 4.78 is 5.29. The second-order valence-electron chi connectivity index (χ2n) is 6.40. The van der Waals surface area contributed by atoms with Crippen molar-refractivity contribution < 1.29 is 19.1 Å². The Labute approximate surface area is 151 Å². The summed E-state index contributed by atoms with van der Waals surface area (Å²) in [4.78, 5) is 37.1. The zero-order chi connectivity index (χ0) is 17.8. The van der Waals surface area contributed by atoms with Gasteiger partial charge in [-0.25, -0.2) is 4.79 Å². The SMILES string of the molecule is C[C@H](OC(=O)c1ccc2c(c1)NC(=O)CCS2)C(=O)NC1CCCC1. The smallest absolute Gasteiger partial charge is 0.338 e. The molecule has 1 atom stereocenters. The van der Waals surface area contributed by atoms with Gasteiger partial charge in [0.15, 0.2) is 6.10 Å². The summed E-state index contributed by atoms with van der Waals surface area (Å²) in [6.07, 6.45) is 3.80. The average Bonchev–Trinajstić information content (AvgIpc) is 3.01. The third kappa shape index (κ3) is 4.54. The van der Waals surface area contributed by atoms with Gasteiger partial charge in [0.25, 0.3) is 5.91 Å². The fraction of sp³-hybridized carbons (Fsp3) is 0.500. The number of hydrogen-bond acceptors (Lipinski definition) is 5. The van der Waals surface area contributed by atoms with Gasteiger partial charge in [0.2, 0.25) is 5.91 Å². The van der Waals surface area contributed by atoms with Crippen LogP contribution in [0, 0.1) is 0 Å². The quantitative estimate of drug-likeness (QED) is 0.805. The number of nitrogens with one attached hydrogen (secondary N) is 2. The Morgan fingerprint density at radius 2 is 2.08 bits per heavy atom. The number of thioether (sulfide) groups is 1. The van der Waals surface area contributed by atoms with Crippen LogP contribution in [0.2, 0.25) is 0 Å². The Hall–Kier alpha value is -2.02. The van der Waals surface area contributed by atoms with Crippen molar-refractivity contribution in [1.82, 2.24) is 5.32 Å². The minimum absolute atomic E-state index is 0.0684. The first-order valence-corrected chi connectivity index (χ1v) is 9.59. The maximum atomic E-state index is 12.3. The lowest BCUT2D eigenvalue weighted by atomic mass is 10.2. The van der Waals surface area contributed by atoms with Crippen molar-refractivity contribution in [2.24, 2.45) is 0 Å². The zero-order valence-corrected chi connectivity index (χ0v) is 15.0. The van der Waals surface area contributed by atoms with Crippen molar-refractivity contribution in [2.45, 2.75) is 56.1 Å². The predicted octanol–water partition coefficient (Wildman–Crippen LogP) is 2.73. The highest BCUT2D eigenvalue weighted by Crippen LogP contribution is 2.31. The zero-order valence-electron chi connectivity index (χ0n) is 14.2. The number of fused-ring (bicyclic) bond motifs is 1. The highest BCUT2D eigenvalue weighted by atomic mass is 32.2. The molecule has 1 saturated carbocycles. The molecule has 1 aromatic carbocycles. The summed E-state index contributed by atoms with van der Waals surface area (Å²) in [6, 6.07) is 5.25. The van der Waals surface area contributed by atoms with E-state index in [1.165, 1.54) is 0 Å². The lowest BCUT2D eigenvalue weighted by Gasteiger charge is -2.17. The van der Waals surface area contributed by atoms with Gasteiger partial charge in [-0.05, 0) is 38.0 Å². The summed E-state index contributed by atoms with van der Waals surface area (Å²) in [5, 5.41) is 5.72. The number of anilines is 1. The highest BCUT2D eigenvalue weighted by molar-refractivity contribution is 7.99. The van der Waals surface area contributed by atoms with Crippen molar-refractivity contribution in [2.75, 3.05) is 11.1 Å². The maximum absolute atomic E-state index is 12.3. The molecule has 134 valence electrons. The van der Waals surface area contributed by atoms with Gasteiger partial charge in [-0.15, -0.1) is 11.8 Å². The van der Waals surface area contributed by atoms with Crippen molar-refractivity contribution >= 4 is 35.2 Å². The molecular formula is C18H22N2O4S. The molecule has 6 nitrogen and oxygen atoms in total. The molecule has 0 saturated heterocycles. The first kappa shape index (κ1) is 17.8. The molecule has 2 N–H and O–H groups in total. The summed E-state index contributed by atoms with van der Waals surface area (Å²) in [7, 11) is 0. The van der Waals surface area contributed by atoms with E-state index < -0.39 is 12.1 Å². The van der Waals surface area contributed by atoms with E-state index in [9.17, 15) is 14.4 Å². The predicted molar refractivity (Wildman–Crippen MR) is 95.7 cm³/mol. The molecule has 7 heteroatoms. The van der Waals surface area contributed by atoms with Crippen LogP contribution in [0.5, 0.6) is 0 Å². The van der Waals surface area contributed by atoms with Gasteiger partial charge in [0, 0.05) is 23.1 Å². The summed E-state index contributed by atoms with van der Waals surface area (Å²) >= 11 is 1.57. The van der Waals surface area contributed by atoms with E-state index in [-0.39, 0.29) is 17.9 Å². The van der Waals surface area contributed by atoms with Crippen LogP contribution in [0.1, 0.15) is 49.4 Å². The van der Waals surface area contributed by atoms with Gasteiger partial charge in [-0.1, -0.05) is 12.8 Å². The molecule has 2 amide bonds. The molecule has 0 aromatic heterocycles. The molecule has 1 fully saturated rings. The third-order valence-corrected chi connectivity index (χ3v) is 5.51. The number of hydrogen-bond donors (Lipinski definition) is 2. The summed E-state index contributed by atoms with van der Waals surface area (Å²) in [6.45, 7) is 1.57. The van der Waals surface area contributed by atoms with E-state index in [1.54, 1.807) is 36.9 Å². The van der Waals surface area contributed by atoms with Crippen molar-refractivity contribution in [3.8, 4) is 0 Å². The summed E-state index contributed by atoms with van der Waals surface area (Å²) in [5.41, 5.74) is 0.937. The van der Waals surface area contributed by atoms with Crippen molar-refractivity contribution in [3.63, 3.8) is 0 Å². The molecule has 0 bridgehead atoms. The van der Waals surface area contributed by atoms with Gasteiger partial charge in [0.1, 0.15) is 0 Å². The average molecular weight is 362 g/mol. The van der Waals surface area contributed by atoms with E-state index in [0.717, 1.165) is 30.6 Å². The van der Waals surface area contributed by atoms with Crippen molar-refractivity contribution in [3.05, 3.63) is 23.8 Å². The van der Waals surface area contributed by atoms with Crippen LogP contribution in [0.15, 0.2) is 23.1 Å². The van der Waals surface area contributed by atoms with E-state index in [2.05, 4.69) is 10.6 Å². The Morgan fingerprint density at radius 1 is 1.32 bits per heavy atom. The largest absolute Gasteiger partial charge is 0.449 e. The van der Waals surface area contributed by atoms with Crippen LogP contribution >= 0.6 is 11.8 Å². The minimum atomic E-state index is -0.851. The fourth-order valence-electron chi connectivity index (χ4n) is 3.02. The Balaban J connectivity index is 1.62. The molecule has 3 rings (SSSR count). The second kappa shape index (κ2) is 7.91. The normalized spacial score (nSPS) is 18.7. The van der Waals surface area contributed by atoms with Gasteiger partial charge >= 0.3 is 5.97 Å². The van der Waals surface area contributed by atoms with E-state index in [4.69, 9.17) is 4.74 Å². The first-order chi connectivity index (χ1) is 12.0. The third-order valence-electron chi connectivity index (χ3n) is 4.43. The Kier molecular flexibility index (Phi) is 5.63. The van der Waals surface area contributed by atoms with E-state index >= 15 is 0 Å². The van der Waals surface area contributed by atoms with Crippen molar-refractivity contribution in [1.29, 1.82) is 0 Å². The number of rotatable bonds is 4. The van der Waals surface area contributed by atoms with E-state index in [0.29, 0.717) is 23.4 Å². The number of esters is 1. The van der Waals surface area contributed by atoms with Crippen LogP contribution in [0.3, 0.4) is 0 Å². The maximum Gasteiger partial charge on any atom is 0.338 e. The van der Waals surface area contributed by atoms with Gasteiger partial charge < -0.3 is 15.4 Å². The van der Waals surface area contributed by atoms with Crippen LogP contribution < -0.4 is 10.6 Å². The molecule has 1 aliphatic heterocycles. The van der Waals surface area contributed by atoms with Crippen LogP contribution in [-0.4, -0.2) is 35.7 Å². The number of amides is 2. The molecule has 1 aliphatic carbocycles. The lowest BCUT2D eigenvalue weighted by Crippen LogP contribution is -2.40. The second-order valence-corrected chi connectivity index (χ2v) is 7.53. The fourth-order valence-corrected chi connectivity index (χ4v) is 3.95. The van der Waals surface area contributed by atoms with Gasteiger partial charge in [0.05, 0.1) is 11.3 Å². The van der Waals surface area contributed by atoms with Gasteiger partial charge in [-0.3, -0.25) is 9.59 Å². The molecular weight excluding hydrogens is 340 g/mol. The topological polar surface area (TPSA) is 84.5 Å². The van der Waals surface area contributed by atoms with Crippen LogP contribution in [0.25, 0.3) is 0 Å². The van der Waals surface area contributed by atoms with E-state index in [1.807, 2.05) is 0 Å². The number of carbonyl (C=O) groups excluding carboxylic acids is 3. The molecule has 1 aromatic rings. The van der Waals surface area contributed by atoms with Crippen LogP contribution in [0.4, 0.5) is 5.69 Å². The Morgan fingerprint density at radius 3 is 2.84 bits per heavy atom. The number of ether oxygens (including phenoxy) is 1. The molecule has 2 aliphatic rings. The lowest BCUT2D eigenvalue weighted by molar-refractivity contribution is -0.129.